The third kappa shape index (κ3) is 4.75. The van der Waals surface area contributed by atoms with E-state index in [0.717, 1.165) is 11.8 Å². The number of halogens is 1. The summed E-state index contributed by atoms with van der Waals surface area (Å²) in [7, 11) is -3.21. The lowest BCUT2D eigenvalue weighted by Crippen LogP contribution is -2.24. The molecule has 0 aliphatic heterocycles. The Kier molecular flexibility index (Phi) is 6.44. The summed E-state index contributed by atoms with van der Waals surface area (Å²) in [5.74, 6) is 0.604. The highest BCUT2D eigenvalue weighted by atomic mass is 35.5. The summed E-state index contributed by atoms with van der Waals surface area (Å²) < 4.78 is 26.4. The van der Waals surface area contributed by atoms with Crippen LogP contribution in [-0.2, 0) is 10.0 Å². The molecular weight excluding hydrogens is 418 g/mol. The van der Waals surface area contributed by atoms with Gasteiger partial charge in [-0.3, -0.25) is 9.36 Å². The Balaban J connectivity index is 2.00. The molecule has 3 rings (SSSR count). The molecule has 0 radical (unpaired) electrons. The van der Waals surface area contributed by atoms with Crippen molar-refractivity contribution in [2.75, 3.05) is 18.6 Å². The van der Waals surface area contributed by atoms with E-state index in [4.69, 9.17) is 11.6 Å². The minimum Gasteiger partial charge on any atom is -0.268 e. The highest BCUT2D eigenvalue weighted by Gasteiger charge is 2.15. The molecule has 0 amide bonds. The summed E-state index contributed by atoms with van der Waals surface area (Å²) in [6, 6.07) is 12.6. The number of sulfonamides is 1. The zero-order valence-electron chi connectivity index (χ0n) is 15.5. The molecule has 0 saturated heterocycles. The number of thioether (sulfide) groups is 1. The van der Waals surface area contributed by atoms with Crippen molar-refractivity contribution in [2.24, 2.45) is 0 Å². The van der Waals surface area contributed by atoms with Gasteiger partial charge in [-0.2, -0.15) is 0 Å². The number of hydrogen-bond acceptors (Lipinski definition) is 5. The number of fused-ring (bicyclic) bond motifs is 1. The van der Waals surface area contributed by atoms with E-state index in [0.29, 0.717) is 45.5 Å². The van der Waals surface area contributed by atoms with Crippen molar-refractivity contribution in [3.05, 3.63) is 63.4 Å². The van der Waals surface area contributed by atoms with Crippen molar-refractivity contribution in [2.45, 2.75) is 18.5 Å². The van der Waals surface area contributed by atoms with Crippen LogP contribution in [0.1, 0.15) is 12.0 Å². The summed E-state index contributed by atoms with van der Waals surface area (Å²) in [5.41, 5.74) is 1.95. The third-order valence-electron chi connectivity index (χ3n) is 4.14. The Morgan fingerprint density at radius 2 is 1.93 bits per heavy atom. The van der Waals surface area contributed by atoms with E-state index in [9.17, 15) is 13.2 Å². The lowest BCUT2D eigenvalue weighted by molar-refractivity contribution is 0.587. The zero-order valence-corrected chi connectivity index (χ0v) is 17.9. The number of benzene rings is 2. The average Bonchev–Trinajstić information content (AvgIpc) is 2.64. The Morgan fingerprint density at radius 3 is 2.68 bits per heavy atom. The normalized spacial score (nSPS) is 11.8. The van der Waals surface area contributed by atoms with E-state index in [2.05, 4.69) is 9.71 Å². The zero-order chi connectivity index (χ0) is 20.3. The molecule has 1 heterocycles. The number of aromatic nitrogens is 2. The molecule has 28 heavy (non-hydrogen) atoms. The maximum Gasteiger partial charge on any atom is 0.266 e. The summed E-state index contributed by atoms with van der Waals surface area (Å²) in [5, 5.41) is 1.66. The van der Waals surface area contributed by atoms with Gasteiger partial charge in [0.05, 0.1) is 22.8 Å². The first-order chi connectivity index (χ1) is 13.3. The maximum absolute atomic E-state index is 13.2. The van der Waals surface area contributed by atoms with Crippen LogP contribution in [0.25, 0.3) is 16.6 Å². The SMILES string of the molecule is Cc1c(Cl)cccc1-n1c(SCCCNS(C)(=O)=O)nc2ccccc2c1=O. The largest absolute Gasteiger partial charge is 0.268 e. The fourth-order valence-electron chi connectivity index (χ4n) is 2.75. The molecule has 0 atom stereocenters. The predicted molar refractivity (Wildman–Crippen MR) is 115 cm³/mol. The van der Waals surface area contributed by atoms with Gasteiger partial charge in [0.15, 0.2) is 5.16 Å². The van der Waals surface area contributed by atoms with E-state index in [1.54, 1.807) is 28.8 Å². The lowest BCUT2D eigenvalue weighted by atomic mass is 10.2. The van der Waals surface area contributed by atoms with E-state index in [1.807, 2.05) is 25.1 Å². The van der Waals surface area contributed by atoms with E-state index < -0.39 is 10.0 Å². The predicted octanol–water partition coefficient (Wildman–Crippen LogP) is 3.38. The van der Waals surface area contributed by atoms with Crippen LogP contribution in [0.5, 0.6) is 0 Å². The van der Waals surface area contributed by atoms with E-state index >= 15 is 0 Å². The fraction of sp³-hybridized carbons (Fsp3) is 0.263. The standard InChI is InChI=1S/C19H20ClN3O3S2/c1-13-15(20)8-5-10-17(13)23-18(24)14-7-3-4-9-16(14)22-19(23)27-12-6-11-21-28(2,25)26/h3-5,7-10,21H,6,11-12H2,1-2H3. The number of rotatable bonds is 7. The van der Waals surface area contributed by atoms with Crippen LogP contribution in [0.3, 0.4) is 0 Å². The van der Waals surface area contributed by atoms with Gasteiger partial charge in [0.25, 0.3) is 5.56 Å². The summed E-state index contributed by atoms with van der Waals surface area (Å²) in [6.07, 6.45) is 1.74. The monoisotopic (exact) mass is 437 g/mol. The second-order valence-electron chi connectivity index (χ2n) is 6.30. The van der Waals surface area contributed by atoms with Gasteiger partial charge in [0.2, 0.25) is 10.0 Å². The Hall–Kier alpha value is -1.87. The smallest absolute Gasteiger partial charge is 0.266 e. The van der Waals surface area contributed by atoms with Crippen molar-refractivity contribution in [3.63, 3.8) is 0 Å². The lowest BCUT2D eigenvalue weighted by Gasteiger charge is -2.15. The van der Waals surface area contributed by atoms with Crippen molar-refractivity contribution in [3.8, 4) is 5.69 Å². The summed E-state index contributed by atoms with van der Waals surface area (Å²) in [6.45, 7) is 2.20. The van der Waals surface area contributed by atoms with Crippen LogP contribution in [0.4, 0.5) is 0 Å². The van der Waals surface area contributed by atoms with Crippen LogP contribution in [0.15, 0.2) is 52.4 Å². The van der Waals surface area contributed by atoms with E-state index in [-0.39, 0.29) is 5.56 Å². The highest BCUT2D eigenvalue weighted by molar-refractivity contribution is 7.99. The maximum atomic E-state index is 13.2. The second-order valence-corrected chi connectivity index (χ2v) is 9.61. The van der Waals surface area contributed by atoms with E-state index in [1.165, 1.54) is 11.8 Å². The van der Waals surface area contributed by atoms with Gasteiger partial charge in [-0.25, -0.2) is 18.1 Å². The van der Waals surface area contributed by atoms with Crippen LogP contribution in [0, 0.1) is 6.92 Å². The highest BCUT2D eigenvalue weighted by Crippen LogP contribution is 2.26. The average molecular weight is 438 g/mol. The van der Waals surface area contributed by atoms with Gasteiger partial charge in [0.1, 0.15) is 0 Å². The number of nitrogens with zero attached hydrogens (tertiary/aromatic N) is 2. The molecule has 0 aliphatic rings. The molecule has 148 valence electrons. The molecule has 1 aromatic heterocycles. The first-order valence-corrected chi connectivity index (χ1v) is 11.9. The van der Waals surface area contributed by atoms with Gasteiger partial charge < -0.3 is 0 Å². The van der Waals surface area contributed by atoms with Crippen molar-refractivity contribution >= 4 is 44.3 Å². The molecule has 0 bridgehead atoms. The third-order valence-corrected chi connectivity index (χ3v) is 6.30. The minimum absolute atomic E-state index is 0.160. The summed E-state index contributed by atoms with van der Waals surface area (Å²) >= 11 is 7.68. The first-order valence-electron chi connectivity index (χ1n) is 8.62. The minimum atomic E-state index is -3.21. The molecule has 6 nitrogen and oxygen atoms in total. The van der Waals surface area contributed by atoms with Crippen LogP contribution in [0.2, 0.25) is 5.02 Å². The Bertz CT molecular complexity index is 1180. The second kappa shape index (κ2) is 8.65. The van der Waals surface area contributed by atoms with Gasteiger partial charge in [0, 0.05) is 17.3 Å². The summed E-state index contributed by atoms with van der Waals surface area (Å²) in [4.78, 5) is 17.9. The van der Waals surface area contributed by atoms with Crippen LogP contribution < -0.4 is 10.3 Å². The Labute approximate surface area is 173 Å². The molecule has 0 fully saturated rings. The van der Waals surface area contributed by atoms with Crippen molar-refractivity contribution in [1.82, 2.24) is 14.3 Å². The number of hydrogen-bond donors (Lipinski definition) is 1. The molecule has 3 aromatic rings. The van der Waals surface area contributed by atoms with Crippen molar-refractivity contribution in [1.29, 1.82) is 0 Å². The molecule has 0 spiro atoms. The van der Waals surface area contributed by atoms with Gasteiger partial charge in [-0.1, -0.05) is 41.6 Å². The molecule has 0 aliphatic carbocycles. The van der Waals surface area contributed by atoms with Crippen molar-refractivity contribution < 1.29 is 8.42 Å². The molecule has 0 unspecified atom stereocenters. The fourth-order valence-corrected chi connectivity index (χ4v) is 4.38. The van der Waals surface area contributed by atoms with Gasteiger partial charge in [-0.15, -0.1) is 0 Å². The van der Waals surface area contributed by atoms with Gasteiger partial charge in [-0.05, 0) is 43.2 Å². The Morgan fingerprint density at radius 1 is 1.18 bits per heavy atom. The molecular formula is C19H20ClN3O3S2. The number of nitrogens with one attached hydrogen (secondary N) is 1. The molecule has 2 aromatic carbocycles. The molecule has 9 heteroatoms. The number of para-hydroxylation sites is 1. The molecule has 0 saturated carbocycles. The quantitative estimate of drug-likeness (QED) is 0.348. The van der Waals surface area contributed by atoms with Crippen LogP contribution >= 0.6 is 23.4 Å². The first kappa shape index (κ1) is 20.9. The van der Waals surface area contributed by atoms with Crippen LogP contribution in [-0.4, -0.2) is 36.5 Å². The molecule has 1 N–H and O–H groups in total. The topological polar surface area (TPSA) is 81.1 Å². The van der Waals surface area contributed by atoms with Gasteiger partial charge >= 0.3 is 0 Å².